The van der Waals surface area contributed by atoms with Gasteiger partial charge in [-0.1, -0.05) is 43.3 Å². The fourth-order valence-electron chi connectivity index (χ4n) is 2.08. The fraction of sp³-hybridized carbons (Fsp3) is 0.312. The average molecular weight is 319 g/mol. The first kappa shape index (κ1) is 16.6. The zero-order valence-corrected chi connectivity index (χ0v) is 13.3. The number of hydrazine groups is 1. The molecule has 0 radical (unpaired) electrons. The van der Waals surface area contributed by atoms with Gasteiger partial charge in [-0.15, -0.1) is 0 Å². The lowest BCUT2D eigenvalue weighted by Crippen LogP contribution is -2.49. The third-order valence-electron chi connectivity index (χ3n) is 3.30. The van der Waals surface area contributed by atoms with Gasteiger partial charge in [0.15, 0.2) is 0 Å². The maximum absolute atomic E-state index is 11.9. The lowest BCUT2D eigenvalue weighted by Gasteiger charge is -2.19. The zero-order valence-electron chi connectivity index (χ0n) is 12.5. The molecular weight excluding hydrogens is 298 g/mol. The van der Waals surface area contributed by atoms with Gasteiger partial charge in [-0.05, 0) is 17.2 Å². The summed E-state index contributed by atoms with van der Waals surface area (Å²) in [4.78, 5) is 11.9. The topological polar surface area (TPSA) is 87.4 Å². The van der Waals surface area contributed by atoms with Gasteiger partial charge < -0.3 is 10.8 Å². The minimum atomic E-state index is -1.23. The highest BCUT2D eigenvalue weighted by molar-refractivity contribution is 7.99. The Hall–Kier alpha value is -1.76. The molecule has 2 aromatic rings. The molecule has 118 valence electrons. The summed E-state index contributed by atoms with van der Waals surface area (Å²) in [6.45, 7) is 2.01. The molecular formula is C16H21N3O2S. The van der Waals surface area contributed by atoms with Crippen molar-refractivity contribution in [3.63, 3.8) is 0 Å². The number of nitrogens with two attached hydrogens (primary N) is 1. The summed E-state index contributed by atoms with van der Waals surface area (Å²) in [7, 11) is 0. The molecule has 2 atom stereocenters. The van der Waals surface area contributed by atoms with Crippen LogP contribution in [0.25, 0.3) is 10.8 Å². The quantitative estimate of drug-likeness (QED) is 0.584. The maximum atomic E-state index is 11.9. The van der Waals surface area contributed by atoms with Crippen molar-refractivity contribution in [2.24, 2.45) is 5.73 Å². The number of amides is 1. The van der Waals surface area contributed by atoms with E-state index in [1.807, 2.05) is 49.4 Å². The molecule has 0 aliphatic carbocycles. The van der Waals surface area contributed by atoms with Gasteiger partial charge in [0.2, 0.25) is 0 Å². The van der Waals surface area contributed by atoms with Crippen molar-refractivity contribution in [3.8, 4) is 0 Å². The van der Waals surface area contributed by atoms with Gasteiger partial charge in [-0.2, -0.15) is 11.8 Å². The lowest BCUT2D eigenvalue weighted by molar-refractivity contribution is -0.129. The van der Waals surface area contributed by atoms with Gasteiger partial charge in [0.1, 0.15) is 6.10 Å². The summed E-state index contributed by atoms with van der Waals surface area (Å²) in [6.07, 6.45) is -1.23. The molecule has 0 saturated heterocycles. The molecule has 22 heavy (non-hydrogen) atoms. The molecule has 0 aromatic heterocycles. The van der Waals surface area contributed by atoms with Crippen LogP contribution in [0, 0.1) is 0 Å². The second-order valence-corrected chi connectivity index (χ2v) is 6.23. The largest absolute Gasteiger partial charge is 0.382 e. The van der Waals surface area contributed by atoms with Crippen molar-refractivity contribution in [3.05, 3.63) is 42.5 Å². The van der Waals surface area contributed by atoms with Crippen molar-refractivity contribution in [2.75, 3.05) is 16.9 Å². The summed E-state index contributed by atoms with van der Waals surface area (Å²) in [5.41, 5.74) is 12.0. The van der Waals surface area contributed by atoms with E-state index in [-0.39, 0.29) is 0 Å². The molecule has 0 spiro atoms. The number of nitrogens with one attached hydrogen (secondary N) is 2. The van der Waals surface area contributed by atoms with E-state index >= 15 is 0 Å². The minimum absolute atomic E-state index is 0.530. The smallest absolute Gasteiger partial charge is 0.268 e. The van der Waals surface area contributed by atoms with E-state index < -0.39 is 18.1 Å². The van der Waals surface area contributed by atoms with Gasteiger partial charge in [0.05, 0.1) is 5.69 Å². The first-order chi connectivity index (χ1) is 10.6. The summed E-state index contributed by atoms with van der Waals surface area (Å²) in [5.74, 6) is 0.910. The van der Waals surface area contributed by atoms with E-state index in [0.29, 0.717) is 5.75 Å². The number of carbonyl (C=O) groups excluding carboxylic acids is 1. The average Bonchev–Trinajstić information content (AvgIpc) is 2.56. The van der Waals surface area contributed by atoms with Crippen LogP contribution in [0.4, 0.5) is 5.69 Å². The van der Waals surface area contributed by atoms with Crippen molar-refractivity contribution >= 4 is 34.1 Å². The Morgan fingerprint density at radius 3 is 2.77 bits per heavy atom. The second kappa shape index (κ2) is 8.03. The Balaban J connectivity index is 1.98. The molecule has 0 bridgehead atoms. The van der Waals surface area contributed by atoms with Crippen molar-refractivity contribution in [2.45, 2.75) is 19.1 Å². The lowest BCUT2D eigenvalue weighted by atomic mass is 10.1. The first-order valence-corrected chi connectivity index (χ1v) is 8.34. The molecule has 2 rings (SSSR count). The molecule has 0 heterocycles. The summed E-state index contributed by atoms with van der Waals surface area (Å²) >= 11 is 1.59. The number of fused-ring (bicyclic) bond motifs is 1. The molecule has 2 aromatic carbocycles. The molecule has 5 nitrogen and oxygen atoms in total. The highest BCUT2D eigenvalue weighted by atomic mass is 32.2. The number of hydrogen-bond acceptors (Lipinski definition) is 5. The Morgan fingerprint density at radius 2 is 2.00 bits per heavy atom. The minimum Gasteiger partial charge on any atom is -0.382 e. The van der Waals surface area contributed by atoms with E-state index in [0.717, 1.165) is 22.2 Å². The van der Waals surface area contributed by atoms with Crippen LogP contribution in [0.1, 0.15) is 6.92 Å². The molecule has 0 fully saturated rings. The summed E-state index contributed by atoms with van der Waals surface area (Å²) < 4.78 is 0. The Labute approximate surface area is 134 Å². The number of rotatable bonds is 7. The van der Waals surface area contributed by atoms with Gasteiger partial charge >= 0.3 is 0 Å². The predicted octanol–water partition coefficient (Wildman–Crippen LogP) is 1.72. The van der Waals surface area contributed by atoms with Crippen LogP contribution in [0.15, 0.2) is 42.5 Å². The molecule has 5 N–H and O–H groups in total. The molecule has 0 saturated carbocycles. The highest BCUT2D eigenvalue weighted by Crippen LogP contribution is 2.22. The van der Waals surface area contributed by atoms with E-state index in [2.05, 4.69) is 10.9 Å². The molecule has 6 heteroatoms. The van der Waals surface area contributed by atoms with Gasteiger partial charge in [-0.3, -0.25) is 15.6 Å². The molecule has 0 aliphatic rings. The van der Waals surface area contributed by atoms with E-state index in [1.54, 1.807) is 11.8 Å². The van der Waals surface area contributed by atoms with Crippen LogP contribution in [0.3, 0.4) is 0 Å². The normalized spacial score (nSPS) is 13.6. The second-order valence-electron chi connectivity index (χ2n) is 4.91. The highest BCUT2D eigenvalue weighted by Gasteiger charge is 2.22. The molecule has 0 aliphatic heterocycles. The number of carbonyl (C=O) groups is 1. The van der Waals surface area contributed by atoms with Crippen LogP contribution >= 0.6 is 11.8 Å². The van der Waals surface area contributed by atoms with Crippen LogP contribution in [0.2, 0.25) is 0 Å². The number of aliphatic hydroxyl groups is 1. The van der Waals surface area contributed by atoms with Crippen molar-refractivity contribution < 1.29 is 9.90 Å². The standard InChI is InChI=1S/C16H21N3O2S/c1-2-22-10-13(17)15(20)16(21)19-18-14-9-5-7-11-6-3-4-8-12(11)14/h3-9,13,15,18,20H,2,10,17H2,1H3,(H,19,21)/t13-,15?/m1/s1. The van der Waals surface area contributed by atoms with E-state index in [9.17, 15) is 9.90 Å². The predicted molar refractivity (Wildman–Crippen MR) is 92.7 cm³/mol. The SMILES string of the molecule is CCSC[C@@H](N)C(O)C(=O)NNc1cccc2ccccc12. The van der Waals surface area contributed by atoms with Gasteiger partial charge in [0, 0.05) is 17.2 Å². The summed E-state index contributed by atoms with van der Waals surface area (Å²) in [5, 5.41) is 12.0. The Morgan fingerprint density at radius 1 is 1.27 bits per heavy atom. The number of aliphatic hydroxyl groups excluding tert-OH is 1. The van der Waals surface area contributed by atoms with Gasteiger partial charge in [-0.25, -0.2) is 0 Å². The zero-order chi connectivity index (χ0) is 15.9. The van der Waals surface area contributed by atoms with E-state index in [4.69, 9.17) is 5.73 Å². The monoisotopic (exact) mass is 319 g/mol. The van der Waals surface area contributed by atoms with Crippen LogP contribution in [-0.2, 0) is 4.79 Å². The fourth-order valence-corrected chi connectivity index (χ4v) is 2.77. The number of benzene rings is 2. The van der Waals surface area contributed by atoms with Crippen molar-refractivity contribution in [1.82, 2.24) is 5.43 Å². The Bertz CT molecular complexity index is 630. The number of anilines is 1. The Kier molecular flexibility index (Phi) is 6.06. The third-order valence-corrected chi connectivity index (χ3v) is 4.33. The van der Waals surface area contributed by atoms with Gasteiger partial charge in [0.25, 0.3) is 5.91 Å². The molecule has 1 amide bonds. The van der Waals surface area contributed by atoms with Crippen molar-refractivity contribution in [1.29, 1.82) is 0 Å². The third kappa shape index (κ3) is 4.13. The number of thioether (sulfide) groups is 1. The van der Waals surface area contributed by atoms with E-state index in [1.165, 1.54) is 0 Å². The van der Waals surface area contributed by atoms with Crippen LogP contribution < -0.4 is 16.6 Å². The summed E-state index contributed by atoms with van der Waals surface area (Å²) in [6, 6.07) is 13.0. The van der Waals surface area contributed by atoms with Crippen LogP contribution in [0.5, 0.6) is 0 Å². The number of hydrogen-bond donors (Lipinski definition) is 4. The maximum Gasteiger partial charge on any atom is 0.268 e. The van der Waals surface area contributed by atoms with Crippen LogP contribution in [-0.4, -0.2) is 34.7 Å². The first-order valence-electron chi connectivity index (χ1n) is 7.18. The molecule has 1 unspecified atom stereocenters.